The summed E-state index contributed by atoms with van der Waals surface area (Å²) in [7, 11) is 0. The highest BCUT2D eigenvalue weighted by molar-refractivity contribution is 8.00. The molecule has 0 saturated heterocycles. The van der Waals surface area contributed by atoms with Crippen LogP contribution in [0.5, 0.6) is 5.75 Å². The van der Waals surface area contributed by atoms with Crippen LogP contribution in [0.25, 0.3) is 5.69 Å². The largest absolute Gasteiger partial charge is 0.549 e. The molecule has 28 heavy (non-hydrogen) atoms. The average Bonchev–Trinajstić information content (AvgIpc) is 3.03. The number of thiazole rings is 1. The number of carbonyl (C=O) groups excluding carboxylic acids is 2. The van der Waals surface area contributed by atoms with E-state index in [2.05, 4.69) is 0 Å². The van der Waals surface area contributed by atoms with E-state index in [4.69, 9.17) is 4.74 Å². The van der Waals surface area contributed by atoms with Crippen LogP contribution in [0.3, 0.4) is 0 Å². The third-order valence-corrected chi connectivity index (χ3v) is 7.50. The van der Waals surface area contributed by atoms with Crippen LogP contribution in [-0.2, 0) is 9.59 Å². The van der Waals surface area contributed by atoms with Gasteiger partial charge in [-0.15, -0.1) is 0 Å². The highest BCUT2D eigenvalue weighted by Crippen LogP contribution is 2.54. The van der Waals surface area contributed by atoms with Gasteiger partial charge in [0.1, 0.15) is 5.75 Å². The first-order valence-electron chi connectivity index (χ1n) is 8.55. The van der Waals surface area contributed by atoms with Gasteiger partial charge in [0.25, 0.3) is 0 Å². The molecule has 6 nitrogen and oxygen atoms in total. The number of aliphatic carboxylic acids is 1. The first-order chi connectivity index (χ1) is 13.6. The van der Waals surface area contributed by atoms with Crippen molar-refractivity contribution in [1.82, 2.24) is 4.57 Å². The Labute approximate surface area is 167 Å². The van der Waals surface area contributed by atoms with Crippen LogP contribution in [0.4, 0.5) is 0 Å². The lowest BCUT2D eigenvalue weighted by molar-refractivity contribution is -0.306. The van der Waals surface area contributed by atoms with Crippen molar-refractivity contribution >= 4 is 35.0 Å². The first kappa shape index (κ1) is 17.3. The summed E-state index contributed by atoms with van der Waals surface area (Å²) < 4.78 is 6.91. The summed E-state index contributed by atoms with van der Waals surface area (Å²) in [5.74, 6) is -3.06. The molecule has 3 aromatic rings. The molecule has 0 N–H and O–H groups in total. The molecule has 140 valence electrons. The second kappa shape index (κ2) is 6.35. The number of ether oxygens (including phenoxy) is 1. The number of fused-ring (bicyclic) bond motifs is 5. The lowest BCUT2D eigenvalue weighted by Gasteiger charge is -2.39. The minimum Gasteiger partial charge on any atom is -0.549 e. The van der Waals surface area contributed by atoms with Crippen molar-refractivity contribution in [2.75, 3.05) is 0 Å². The molecule has 0 radical (unpaired) electrons. The smallest absolute Gasteiger partial charge is 0.316 e. The lowest BCUT2D eigenvalue weighted by Crippen LogP contribution is -2.48. The molecule has 0 unspecified atom stereocenters. The van der Waals surface area contributed by atoms with Crippen LogP contribution in [0.15, 0.2) is 64.4 Å². The highest BCUT2D eigenvalue weighted by Gasteiger charge is 2.50. The Hall–Kier alpha value is -2.84. The van der Waals surface area contributed by atoms with Gasteiger partial charge >= 0.3 is 10.8 Å². The Bertz CT molecular complexity index is 1170. The molecule has 2 aliphatic rings. The summed E-state index contributed by atoms with van der Waals surface area (Å²) in [6.07, 6.45) is 0. The van der Waals surface area contributed by atoms with E-state index in [1.807, 2.05) is 30.3 Å². The monoisotopic (exact) mass is 410 g/mol. The van der Waals surface area contributed by atoms with Gasteiger partial charge in [-0.05, 0) is 18.2 Å². The number of carboxylic acids is 1. The Morgan fingerprint density at radius 3 is 2.50 bits per heavy atom. The number of para-hydroxylation sites is 2. The van der Waals surface area contributed by atoms with Gasteiger partial charge in [-0.1, -0.05) is 59.5 Å². The fourth-order valence-corrected chi connectivity index (χ4v) is 6.48. The summed E-state index contributed by atoms with van der Waals surface area (Å²) in [6, 6.07) is 16.1. The quantitative estimate of drug-likeness (QED) is 0.473. The summed E-state index contributed by atoms with van der Waals surface area (Å²) >= 11 is 2.02. The standard InChI is InChI=1S/C20H13NO5S2/c22-18(23)16-14-13(11-8-4-5-9-12(11)26-19(14)24)15-17(27-16)21(20(25)28-15)10-6-2-1-3-7-10/h1-9,13-14,16H,(H,22,23)/p-1/t13-,14-,16-/m1/s1. The maximum atomic E-state index is 12.8. The fraction of sp³-hybridized carbons (Fsp3) is 0.150. The van der Waals surface area contributed by atoms with Crippen LogP contribution >= 0.6 is 23.1 Å². The molecule has 0 spiro atoms. The SMILES string of the molecule is O=C1Oc2ccccc2[C@H]2c3sc(=O)n(-c4ccccc4)c3S[C@@H](C(=O)[O-])[C@H]12. The Morgan fingerprint density at radius 1 is 1.04 bits per heavy atom. The van der Waals surface area contributed by atoms with E-state index in [1.54, 1.807) is 24.3 Å². The number of hydrogen-bond donors (Lipinski definition) is 0. The minimum atomic E-state index is -1.35. The van der Waals surface area contributed by atoms with Gasteiger partial charge in [0.05, 0.1) is 27.9 Å². The van der Waals surface area contributed by atoms with Crippen molar-refractivity contribution in [3.8, 4) is 11.4 Å². The van der Waals surface area contributed by atoms with E-state index in [1.165, 1.54) is 4.57 Å². The number of rotatable bonds is 2. The van der Waals surface area contributed by atoms with E-state index in [0.29, 0.717) is 26.9 Å². The van der Waals surface area contributed by atoms with E-state index < -0.39 is 29.0 Å². The second-order valence-corrected chi connectivity index (χ2v) is 8.65. The predicted molar refractivity (Wildman–Crippen MR) is 102 cm³/mol. The number of thioether (sulfide) groups is 1. The Morgan fingerprint density at radius 2 is 1.75 bits per heavy atom. The Balaban J connectivity index is 1.79. The maximum Gasteiger partial charge on any atom is 0.316 e. The zero-order valence-corrected chi connectivity index (χ0v) is 15.9. The molecular weight excluding hydrogens is 398 g/mol. The number of esters is 1. The van der Waals surface area contributed by atoms with Gasteiger partial charge in [-0.2, -0.15) is 0 Å². The van der Waals surface area contributed by atoms with Crippen molar-refractivity contribution < 1.29 is 19.4 Å². The molecule has 0 amide bonds. The first-order valence-corrected chi connectivity index (χ1v) is 10.2. The van der Waals surface area contributed by atoms with Crippen LogP contribution in [0, 0.1) is 5.92 Å². The number of carbonyl (C=O) groups is 2. The molecule has 8 heteroatoms. The van der Waals surface area contributed by atoms with E-state index >= 15 is 0 Å². The normalized spacial score (nSPS) is 22.6. The molecule has 0 fully saturated rings. The average molecular weight is 410 g/mol. The lowest BCUT2D eigenvalue weighted by atomic mass is 9.80. The van der Waals surface area contributed by atoms with Crippen molar-refractivity contribution in [2.45, 2.75) is 16.2 Å². The molecule has 0 bridgehead atoms. The van der Waals surface area contributed by atoms with Crippen LogP contribution < -0.4 is 14.7 Å². The fourth-order valence-electron chi connectivity index (χ4n) is 3.81. The predicted octanol–water partition coefficient (Wildman–Crippen LogP) is 1.79. The molecule has 1 aromatic heterocycles. The number of benzene rings is 2. The summed E-state index contributed by atoms with van der Waals surface area (Å²) in [5.41, 5.74) is 1.36. The van der Waals surface area contributed by atoms with Crippen molar-refractivity contribution in [2.24, 2.45) is 5.92 Å². The van der Waals surface area contributed by atoms with Crippen LogP contribution in [-0.4, -0.2) is 21.8 Å². The van der Waals surface area contributed by atoms with Crippen molar-refractivity contribution in [1.29, 1.82) is 0 Å². The van der Waals surface area contributed by atoms with Gasteiger partial charge in [0, 0.05) is 16.4 Å². The highest BCUT2D eigenvalue weighted by atomic mass is 32.2. The molecule has 0 saturated carbocycles. The minimum absolute atomic E-state index is 0.224. The van der Waals surface area contributed by atoms with E-state index in [0.717, 1.165) is 23.1 Å². The van der Waals surface area contributed by atoms with E-state index in [-0.39, 0.29) is 4.87 Å². The van der Waals surface area contributed by atoms with Gasteiger partial charge in [-0.3, -0.25) is 14.2 Å². The summed E-state index contributed by atoms with van der Waals surface area (Å²) in [5, 5.41) is 11.3. The zero-order chi connectivity index (χ0) is 19.4. The van der Waals surface area contributed by atoms with Crippen molar-refractivity contribution in [3.05, 3.63) is 74.7 Å². The summed E-state index contributed by atoms with van der Waals surface area (Å²) in [6.45, 7) is 0. The zero-order valence-electron chi connectivity index (χ0n) is 14.2. The third kappa shape index (κ3) is 2.45. The third-order valence-electron chi connectivity index (χ3n) is 4.98. The molecule has 0 aliphatic carbocycles. The summed E-state index contributed by atoms with van der Waals surface area (Å²) in [4.78, 5) is 37.9. The molecule has 2 aromatic carbocycles. The van der Waals surface area contributed by atoms with Gasteiger partial charge < -0.3 is 14.6 Å². The number of nitrogens with zero attached hydrogens (tertiary/aromatic N) is 1. The molecular formula is C20H12NO5S2-. The maximum absolute atomic E-state index is 12.8. The van der Waals surface area contributed by atoms with Crippen LogP contribution in [0.2, 0.25) is 0 Å². The van der Waals surface area contributed by atoms with E-state index in [9.17, 15) is 19.5 Å². The second-order valence-electron chi connectivity index (χ2n) is 6.53. The topological polar surface area (TPSA) is 88.4 Å². The number of carboxylic acid groups (broad SMARTS) is 1. The number of hydrogen-bond acceptors (Lipinski definition) is 7. The van der Waals surface area contributed by atoms with Gasteiger partial charge in [-0.25, -0.2) is 0 Å². The van der Waals surface area contributed by atoms with Crippen molar-refractivity contribution in [3.63, 3.8) is 0 Å². The van der Waals surface area contributed by atoms with Gasteiger partial charge in [0.15, 0.2) is 0 Å². The van der Waals surface area contributed by atoms with Gasteiger partial charge in [0.2, 0.25) is 0 Å². The molecule has 5 rings (SSSR count). The molecule has 3 heterocycles. The van der Waals surface area contributed by atoms with Crippen LogP contribution in [0.1, 0.15) is 16.4 Å². The number of aromatic nitrogens is 1. The Kier molecular flexibility index (Phi) is 3.92. The molecule has 2 aliphatic heterocycles. The molecule has 3 atom stereocenters.